The molecule has 1 aromatic heterocycles. The van der Waals surface area contributed by atoms with E-state index in [4.69, 9.17) is 5.11 Å². The van der Waals surface area contributed by atoms with E-state index in [0.29, 0.717) is 0 Å². The lowest BCUT2D eigenvalue weighted by Crippen LogP contribution is -1.98. The van der Waals surface area contributed by atoms with Gasteiger partial charge in [0.15, 0.2) is 0 Å². The molecular weight excluding hydrogens is 174 g/mol. The maximum absolute atomic E-state index is 9.05. The number of fused-ring (bicyclic) bond motifs is 1. The molecule has 0 bridgehead atoms. The smallest absolute Gasteiger partial charge is 0.0497 e. The SMILES string of the molecule is CC(CO)c1ccc2cnccc2c1. The summed E-state index contributed by atoms with van der Waals surface area (Å²) in [4.78, 5) is 4.06. The normalized spacial score (nSPS) is 13.0. The first-order valence-corrected chi connectivity index (χ1v) is 4.76. The van der Waals surface area contributed by atoms with E-state index in [1.165, 1.54) is 10.9 Å². The molecule has 0 saturated heterocycles. The maximum Gasteiger partial charge on any atom is 0.0497 e. The van der Waals surface area contributed by atoms with Gasteiger partial charge in [-0.25, -0.2) is 0 Å². The van der Waals surface area contributed by atoms with Crippen LogP contribution in [0.15, 0.2) is 36.7 Å². The van der Waals surface area contributed by atoms with Crippen LogP contribution in [-0.4, -0.2) is 16.7 Å². The number of hydrogen-bond acceptors (Lipinski definition) is 2. The number of aliphatic hydroxyl groups excluding tert-OH is 1. The molecule has 0 aliphatic carbocycles. The average molecular weight is 187 g/mol. The second kappa shape index (κ2) is 3.76. The van der Waals surface area contributed by atoms with Crippen LogP contribution >= 0.6 is 0 Å². The Morgan fingerprint density at radius 3 is 2.93 bits per heavy atom. The van der Waals surface area contributed by atoms with Crippen molar-refractivity contribution in [2.75, 3.05) is 6.61 Å². The molecule has 0 fully saturated rings. The van der Waals surface area contributed by atoms with Crippen molar-refractivity contribution in [2.24, 2.45) is 0 Å². The fourth-order valence-electron chi connectivity index (χ4n) is 1.51. The molecule has 1 N–H and O–H groups in total. The zero-order valence-corrected chi connectivity index (χ0v) is 8.14. The van der Waals surface area contributed by atoms with Gasteiger partial charge in [-0.15, -0.1) is 0 Å². The van der Waals surface area contributed by atoms with Gasteiger partial charge in [-0.05, 0) is 17.0 Å². The highest BCUT2D eigenvalue weighted by Gasteiger charge is 2.03. The zero-order valence-electron chi connectivity index (χ0n) is 8.14. The zero-order chi connectivity index (χ0) is 9.97. The molecule has 0 aliphatic rings. The van der Waals surface area contributed by atoms with Gasteiger partial charge in [-0.3, -0.25) is 4.98 Å². The topological polar surface area (TPSA) is 33.1 Å². The third kappa shape index (κ3) is 1.61. The molecule has 1 unspecified atom stereocenters. The van der Waals surface area contributed by atoms with Crippen molar-refractivity contribution < 1.29 is 5.11 Å². The highest BCUT2D eigenvalue weighted by atomic mass is 16.3. The van der Waals surface area contributed by atoms with Crippen LogP contribution in [0.4, 0.5) is 0 Å². The summed E-state index contributed by atoms with van der Waals surface area (Å²) >= 11 is 0. The van der Waals surface area contributed by atoms with Crippen LogP contribution in [0.5, 0.6) is 0 Å². The Balaban J connectivity index is 2.51. The van der Waals surface area contributed by atoms with Gasteiger partial charge in [0.1, 0.15) is 0 Å². The Bertz CT molecular complexity index is 439. The molecule has 2 rings (SSSR count). The molecule has 2 nitrogen and oxygen atoms in total. The van der Waals surface area contributed by atoms with E-state index in [2.05, 4.69) is 11.1 Å². The summed E-state index contributed by atoms with van der Waals surface area (Å²) in [5, 5.41) is 11.4. The molecule has 1 aromatic carbocycles. The quantitative estimate of drug-likeness (QED) is 0.782. The highest BCUT2D eigenvalue weighted by molar-refractivity contribution is 5.82. The van der Waals surface area contributed by atoms with Crippen LogP contribution < -0.4 is 0 Å². The number of aliphatic hydroxyl groups is 1. The van der Waals surface area contributed by atoms with Gasteiger partial charge < -0.3 is 5.11 Å². The predicted molar refractivity (Wildman–Crippen MR) is 57.2 cm³/mol. The molecule has 0 aliphatic heterocycles. The first-order valence-electron chi connectivity index (χ1n) is 4.76. The van der Waals surface area contributed by atoms with E-state index < -0.39 is 0 Å². The Labute approximate surface area is 83.2 Å². The van der Waals surface area contributed by atoms with Gasteiger partial charge >= 0.3 is 0 Å². The second-order valence-electron chi connectivity index (χ2n) is 3.57. The fourth-order valence-corrected chi connectivity index (χ4v) is 1.51. The third-order valence-corrected chi connectivity index (χ3v) is 2.51. The summed E-state index contributed by atoms with van der Waals surface area (Å²) in [5.74, 6) is 0.201. The second-order valence-corrected chi connectivity index (χ2v) is 3.57. The summed E-state index contributed by atoms with van der Waals surface area (Å²) < 4.78 is 0. The minimum atomic E-state index is 0.191. The van der Waals surface area contributed by atoms with Gasteiger partial charge in [0.05, 0.1) is 0 Å². The van der Waals surface area contributed by atoms with Gasteiger partial charge in [0, 0.05) is 30.3 Å². The first-order chi connectivity index (χ1) is 6.81. The van der Waals surface area contributed by atoms with E-state index >= 15 is 0 Å². The fraction of sp³-hybridized carbons (Fsp3) is 0.250. The summed E-state index contributed by atoms with van der Waals surface area (Å²) in [7, 11) is 0. The Morgan fingerprint density at radius 1 is 1.29 bits per heavy atom. The summed E-state index contributed by atoms with van der Waals surface area (Å²) in [6.07, 6.45) is 3.64. The van der Waals surface area contributed by atoms with Crippen molar-refractivity contribution in [1.29, 1.82) is 0 Å². The minimum absolute atomic E-state index is 0.191. The van der Waals surface area contributed by atoms with E-state index in [1.54, 1.807) is 6.20 Å². The lowest BCUT2D eigenvalue weighted by Gasteiger charge is -2.08. The largest absolute Gasteiger partial charge is 0.396 e. The van der Waals surface area contributed by atoms with E-state index in [-0.39, 0.29) is 12.5 Å². The molecular formula is C12H13NO. The molecule has 1 atom stereocenters. The van der Waals surface area contributed by atoms with E-state index in [1.807, 2.05) is 31.3 Å². The molecule has 1 heterocycles. The van der Waals surface area contributed by atoms with Crippen molar-refractivity contribution in [2.45, 2.75) is 12.8 Å². The van der Waals surface area contributed by atoms with Crippen molar-refractivity contribution in [3.8, 4) is 0 Å². The maximum atomic E-state index is 9.05. The lowest BCUT2D eigenvalue weighted by molar-refractivity contribution is 0.273. The summed E-state index contributed by atoms with van der Waals surface area (Å²) in [6.45, 7) is 2.21. The van der Waals surface area contributed by atoms with Crippen LogP contribution in [0, 0.1) is 0 Å². The van der Waals surface area contributed by atoms with Gasteiger partial charge in [-0.2, -0.15) is 0 Å². The Kier molecular flexibility index (Phi) is 2.46. The Morgan fingerprint density at radius 2 is 2.14 bits per heavy atom. The van der Waals surface area contributed by atoms with Crippen molar-refractivity contribution >= 4 is 10.8 Å². The summed E-state index contributed by atoms with van der Waals surface area (Å²) in [6, 6.07) is 8.19. The molecule has 14 heavy (non-hydrogen) atoms. The van der Waals surface area contributed by atoms with Gasteiger partial charge in [-0.1, -0.05) is 25.1 Å². The lowest BCUT2D eigenvalue weighted by atomic mass is 9.99. The molecule has 72 valence electrons. The van der Waals surface area contributed by atoms with Gasteiger partial charge in [0.2, 0.25) is 0 Å². The number of benzene rings is 1. The van der Waals surface area contributed by atoms with Crippen molar-refractivity contribution in [3.63, 3.8) is 0 Å². The van der Waals surface area contributed by atoms with Crippen molar-refractivity contribution in [3.05, 3.63) is 42.2 Å². The minimum Gasteiger partial charge on any atom is -0.396 e. The molecule has 2 aromatic rings. The van der Waals surface area contributed by atoms with Crippen LogP contribution in [-0.2, 0) is 0 Å². The first kappa shape index (κ1) is 9.16. The number of hydrogen-bond donors (Lipinski definition) is 1. The van der Waals surface area contributed by atoms with Crippen LogP contribution in [0.1, 0.15) is 18.4 Å². The van der Waals surface area contributed by atoms with Crippen molar-refractivity contribution in [1.82, 2.24) is 4.98 Å². The predicted octanol–water partition coefficient (Wildman–Crippen LogP) is 2.33. The average Bonchev–Trinajstić information content (AvgIpc) is 2.27. The molecule has 0 amide bonds. The highest BCUT2D eigenvalue weighted by Crippen LogP contribution is 2.20. The van der Waals surface area contributed by atoms with Crippen LogP contribution in [0.2, 0.25) is 0 Å². The Hall–Kier alpha value is -1.41. The van der Waals surface area contributed by atoms with E-state index in [9.17, 15) is 0 Å². The molecule has 0 spiro atoms. The van der Waals surface area contributed by atoms with Gasteiger partial charge in [0.25, 0.3) is 0 Å². The van der Waals surface area contributed by atoms with E-state index in [0.717, 1.165) is 5.39 Å². The van der Waals surface area contributed by atoms with Crippen LogP contribution in [0.25, 0.3) is 10.8 Å². The molecule has 2 heteroatoms. The number of pyridine rings is 1. The number of rotatable bonds is 2. The molecule has 0 radical (unpaired) electrons. The number of aromatic nitrogens is 1. The standard InChI is InChI=1S/C12H13NO/c1-9(8-14)10-2-3-12-7-13-5-4-11(12)6-10/h2-7,9,14H,8H2,1H3. The number of nitrogens with zero attached hydrogens (tertiary/aromatic N) is 1. The van der Waals surface area contributed by atoms with Crippen LogP contribution in [0.3, 0.4) is 0 Å². The molecule has 0 saturated carbocycles. The third-order valence-electron chi connectivity index (χ3n) is 2.51. The monoisotopic (exact) mass is 187 g/mol. The summed E-state index contributed by atoms with van der Waals surface area (Å²) in [5.41, 5.74) is 1.17.